The van der Waals surface area contributed by atoms with Crippen LogP contribution < -0.4 is 22.1 Å². The van der Waals surface area contributed by atoms with Gasteiger partial charge in [0, 0.05) is 17.5 Å². The zero-order chi connectivity index (χ0) is 20.7. The molecule has 9 heteroatoms. The minimum Gasteiger partial charge on any atom is -0.400 e. The molecule has 7 N–H and O–H groups in total. The van der Waals surface area contributed by atoms with E-state index in [-0.39, 0.29) is 17.9 Å². The normalized spacial score (nSPS) is 17.6. The predicted molar refractivity (Wildman–Crippen MR) is 113 cm³/mol. The topological polar surface area (TPSA) is 117 Å². The second kappa shape index (κ2) is 9.80. The summed E-state index contributed by atoms with van der Waals surface area (Å²) in [5.74, 6) is 0.821. The van der Waals surface area contributed by atoms with Crippen LogP contribution in [0.2, 0.25) is 0 Å². The van der Waals surface area contributed by atoms with Crippen LogP contribution in [0.3, 0.4) is 0 Å². The number of nitrogens with two attached hydrogens (primary N) is 2. The molecule has 1 aromatic heterocycles. The Balaban J connectivity index is 2.19. The summed E-state index contributed by atoms with van der Waals surface area (Å²) in [7, 11) is 0. The maximum atomic E-state index is 13.3. The van der Waals surface area contributed by atoms with Gasteiger partial charge in [0.2, 0.25) is 0 Å². The summed E-state index contributed by atoms with van der Waals surface area (Å²) in [6, 6.07) is 1.44. The monoisotopic (exact) mass is 405 g/mol. The van der Waals surface area contributed by atoms with Crippen LogP contribution in [0, 0.1) is 12.8 Å². The molecule has 0 bridgehead atoms. The van der Waals surface area contributed by atoms with Crippen molar-refractivity contribution in [3.05, 3.63) is 71.6 Å². The van der Waals surface area contributed by atoms with Crippen molar-refractivity contribution in [2.75, 3.05) is 5.32 Å². The highest BCUT2D eigenvalue weighted by Gasteiger charge is 2.33. The fraction of sp³-hybridized carbons (Fsp3) is 0.263. The van der Waals surface area contributed by atoms with Gasteiger partial charge in [-0.25, -0.2) is 9.38 Å². The molecular formula is C19H25ClFN7. The number of rotatable bonds is 9. The number of aromatic amines is 1. The largest absolute Gasteiger partial charge is 0.400 e. The number of guanidine groups is 1. The van der Waals surface area contributed by atoms with Gasteiger partial charge in [0.05, 0.1) is 11.1 Å². The van der Waals surface area contributed by atoms with Crippen LogP contribution in [0.4, 0.5) is 10.2 Å². The third-order valence-corrected chi connectivity index (χ3v) is 4.29. The van der Waals surface area contributed by atoms with E-state index in [1.165, 1.54) is 18.2 Å². The van der Waals surface area contributed by atoms with E-state index in [9.17, 15) is 4.39 Å². The van der Waals surface area contributed by atoms with Gasteiger partial charge in [0.1, 0.15) is 11.6 Å². The van der Waals surface area contributed by atoms with Crippen molar-refractivity contribution in [2.45, 2.75) is 25.8 Å². The third-order valence-electron chi connectivity index (χ3n) is 3.95. The number of anilines is 1. The zero-order valence-corrected chi connectivity index (χ0v) is 16.4. The number of allylic oxidation sites excluding steroid dienone is 6. The quantitative estimate of drug-likeness (QED) is 0.245. The molecule has 1 fully saturated rings. The molecule has 0 saturated heterocycles. The first-order valence-electron chi connectivity index (χ1n) is 8.70. The standard InChI is InChI=1S/C19H25ClFN7/c1-4-13(21)8-9-15(22)17(12-6-7-12)25-19(23)26-18(14(20)5-2)24-16-10-11(3)27-28-16/h4-5,8-10,12,17H,1-2,6-7,22H2,3H3,(H3,23,25,26)(H2,24,27,28)/b13-8+,15-9-,18-14+/t17-/m0/s1. The maximum absolute atomic E-state index is 13.3. The number of H-pyrrole nitrogens is 1. The van der Waals surface area contributed by atoms with Gasteiger partial charge >= 0.3 is 0 Å². The summed E-state index contributed by atoms with van der Waals surface area (Å²) in [6.45, 7) is 8.89. The summed E-state index contributed by atoms with van der Waals surface area (Å²) in [5, 5.41) is 13.2. The van der Waals surface area contributed by atoms with Crippen molar-refractivity contribution >= 4 is 23.4 Å². The fourth-order valence-electron chi connectivity index (χ4n) is 2.38. The van der Waals surface area contributed by atoms with Crippen molar-refractivity contribution in [2.24, 2.45) is 22.4 Å². The van der Waals surface area contributed by atoms with Crippen LogP contribution in [0.25, 0.3) is 0 Å². The van der Waals surface area contributed by atoms with Gasteiger partial charge in [-0.1, -0.05) is 24.8 Å². The lowest BCUT2D eigenvalue weighted by Gasteiger charge is -2.16. The van der Waals surface area contributed by atoms with Crippen molar-refractivity contribution in [3.63, 3.8) is 0 Å². The Hall–Kier alpha value is -3.00. The fourth-order valence-corrected chi connectivity index (χ4v) is 2.47. The lowest BCUT2D eigenvalue weighted by Crippen LogP contribution is -2.36. The molecule has 0 aromatic carbocycles. The second-order valence-electron chi connectivity index (χ2n) is 6.33. The summed E-state index contributed by atoms with van der Waals surface area (Å²) in [5.41, 5.74) is 13.5. The molecule has 0 amide bonds. The molecule has 0 unspecified atom stereocenters. The number of hydrogen-bond acceptors (Lipinski definition) is 4. The first-order chi connectivity index (χ1) is 13.3. The van der Waals surface area contributed by atoms with Gasteiger partial charge in [0.15, 0.2) is 11.8 Å². The zero-order valence-electron chi connectivity index (χ0n) is 15.7. The molecule has 1 aromatic rings. The number of aliphatic imine (C=N–C) groups is 1. The molecule has 0 radical (unpaired) electrons. The van der Waals surface area contributed by atoms with Crippen molar-refractivity contribution in [1.82, 2.24) is 15.5 Å². The lowest BCUT2D eigenvalue weighted by atomic mass is 10.1. The summed E-state index contributed by atoms with van der Waals surface area (Å²) >= 11 is 6.20. The van der Waals surface area contributed by atoms with Crippen LogP contribution >= 0.6 is 11.6 Å². The molecule has 1 atom stereocenters. The summed E-state index contributed by atoms with van der Waals surface area (Å²) < 4.78 is 13.3. The molecule has 0 aliphatic heterocycles. The Morgan fingerprint density at radius 2 is 2.11 bits per heavy atom. The molecule has 1 saturated carbocycles. The average Bonchev–Trinajstić information content (AvgIpc) is 3.44. The summed E-state index contributed by atoms with van der Waals surface area (Å²) in [6.07, 6.45) is 7.24. The third kappa shape index (κ3) is 6.31. The van der Waals surface area contributed by atoms with Crippen LogP contribution in [0.1, 0.15) is 18.5 Å². The Morgan fingerprint density at radius 1 is 1.39 bits per heavy atom. The van der Waals surface area contributed by atoms with Crippen LogP contribution in [-0.2, 0) is 0 Å². The second-order valence-corrected chi connectivity index (χ2v) is 6.74. The van der Waals surface area contributed by atoms with Crippen LogP contribution in [-0.4, -0.2) is 22.2 Å². The van der Waals surface area contributed by atoms with Crippen molar-refractivity contribution in [3.8, 4) is 0 Å². The van der Waals surface area contributed by atoms with Gasteiger partial charge in [0.25, 0.3) is 0 Å². The van der Waals surface area contributed by atoms with E-state index < -0.39 is 5.83 Å². The Bertz CT molecular complexity index is 846. The van der Waals surface area contributed by atoms with E-state index in [2.05, 4.69) is 39.0 Å². The highest BCUT2D eigenvalue weighted by Crippen LogP contribution is 2.36. The molecular weight excluding hydrogens is 381 g/mol. The van der Waals surface area contributed by atoms with E-state index in [0.29, 0.717) is 22.4 Å². The molecule has 2 rings (SSSR count). The molecule has 1 aliphatic rings. The van der Waals surface area contributed by atoms with Crippen LogP contribution in [0.15, 0.2) is 70.9 Å². The summed E-state index contributed by atoms with van der Waals surface area (Å²) in [4.78, 5) is 4.46. The SMILES string of the molecule is C=C/C(F)=C\C=C(/N)[C@@H](N=C(N)N/C(Nc1cc(C)[nH]n1)=C(/Cl)C=C)C1CC1. The Labute approximate surface area is 168 Å². The minimum atomic E-state index is -0.478. The van der Waals surface area contributed by atoms with Gasteiger partial charge in [-0.15, -0.1) is 0 Å². The number of nitrogens with zero attached hydrogens (tertiary/aromatic N) is 2. The highest BCUT2D eigenvalue weighted by molar-refractivity contribution is 6.31. The first kappa shape index (κ1) is 21.3. The maximum Gasteiger partial charge on any atom is 0.194 e. The van der Waals surface area contributed by atoms with E-state index in [1.807, 2.05) is 6.92 Å². The highest BCUT2D eigenvalue weighted by atomic mass is 35.5. The van der Waals surface area contributed by atoms with Gasteiger partial charge in [-0.3, -0.25) is 5.10 Å². The van der Waals surface area contributed by atoms with E-state index in [4.69, 9.17) is 23.1 Å². The molecule has 1 aliphatic carbocycles. The number of halogens is 2. The lowest BCUT2D eigenvalue weighted by molar-refractivity contribution is 0.658. The molecule has 28 heavy (non-hydrogen) atoms. The van der Waals surface area contributed by atoms with Gasteiger partial charge in [-0.2, -0.15) is 5.10 Å². The number of hydrogen-bond donors (Lipinski definition) is 5. The molecule has 0 spiro atoms. The van der Waals surface area contributed by atoms with Gasteiger partial charge < -0.3 is 22.1 Å². The number of nitrogens with one attached hydrogen (secondary N) is 3. The van der Waals surface area contributed by atoms with E-state index in [1.54, 1.807) is 6.07 Å². The van der Waals surface area contributed by atoms with Crippen molar-refractivity contribution in [1.29, 1.82) is 0 Å². The minimum absolute atomic E-state index is 0.108. The van der Waals surface area contributed by atoms with Crippen molar-refractivity contribution < 1.29 is 4.39 Å². The van der Waals surface area contributed by atoms with Gasteiger partial charge in [-0.05, 0) is 50.0 Å². The average molecular weight is 406 g/mol. The first-order valence-corrected chi connectivity index (χ1v) is 9.08. The predicted octanol–water partition coefficient (Wildman–Crippen LogP) is 3.29. The van der Waals surface area contributed by atoms with E-state index in [0.717, 1.165) is 24.6 Å². The number of aryl methyl sites for hydroxylation is 1. The molecule has 1 heterocycles. The smallest absolute Gasteiger partial charge is 0.194 e. The van der Waals surface area contributed by atoms with E-state index >= 15 is 0 Å². The molecule has 7 nitrogen and oxygen atoms in total. The Kier molecular flexibility index (Phi) is 7.45. The number of aromatic nitrogens is 2. The Morgan fingerprint density at radius 3 is 2.64 bits per heavy atom. The van der Waals surface area contributed by atoms with Crippen LogP contribution in [0.5, 0.6) is 0 Å². The molecule has 150 valence electrons.